The number of thiazole rings is 1. The second-order valence-corrected chi connectivity index (χ2v) is 11.1. The van der Waals surface area contributed by atoms with E-state index in [1.807, 2.05) is 31.1 Å². The lowest BCUT2D eigenvalue weighted by Crippen LogP contribution is -2.50. The lowest BCUT2D eigenvalue weighted by molar-refractivity contribution is 0.0608. The van der Waals surface area contributed by atoms with Gasteiger partial charge in [0.2, 0.25) is 0 Å². The third-order valence-corrected chi connectivity index (χ3v) is 7.50. The predicted octanol–water partition coefficient (Wildman–Crippen LogP) is 4.77. The molecule has 0 bridgehead atoms. The van der Waals surface area contributed by atoms with E-state index in [1.165, 1.54) is 19.3 Å². The highest BCUT2D eigenvalue weighted by Gasteiger charge is 2.39. The summed E-state index contributed by atoms with van der Waals surface area (Å²) in [5.41, 5.74) is 0.421. The zero-order chi connectivity index (χ0) is 21.3. The molecular formula is C23H36N4O2S. The monoisotopic (exact) mass is 432 g/mol. The number of nitrogens with zero attached hydrogens (tertiary/aromatic N) is 3. The van der Waals surface area contributed by atoms with Gasteiger partial charge in [-0.2, -0.15) is 0 Å². The molecule has 7 heteroatoms. The fraction of sp³-hybridized carbons (Fsp3) is 0.783. The smallest absolute Gasteiger partial charge is 0.317 e. The van der Waals surface area contributed by atoms with Crippen molar-refractivity contribution in [3.63, 3.8) is 0 Å². The van der Waals surface area contributed by atoms with E-state index in [0.717, 1.165) is 56.6 Å². The van der Waals surface area contributed by atoms with E-state index in [2.05, 4.69) is 10.2 Å². The van der Waals surface area contributed by atoms with Gasteiger partial charge in [0, 0.05) is 42.0 Å². The average Bonchev–Trinajstić information content (AvgIpc) is 3.42. The van der Waals surface area contributed by atoms with Crippen molar-refractivity contribution < 1.29 is 9.59 Å². The second-order valence-electron chi connectivity index (χ2n) is 10.2. The van der Waals surface area contributed by atoms with Crippen LogP contribution in [-0.2, 0) is 0 Å². The molecule has 2 saturated carbocycles. The highest BCUT2D eigenvalue weighted by Crippen LogP contribution is 2.36. The number of piperidine rings is 1. The van der Waals surface area contributed by atoms with Crippen LogP contribution >= 0.6 is 11.3 Å². The molecule has 166 valence electrons. The molecule has 0 radical (unpaired) electrons. The van der Waals surface area contributed by atoms with Crippen molar-refractivity contribution in [2.24, 2.45) is 0 Å². The Morgan fingerprint density at radius 1 is 1.03 bits per heavy atom. The average molecular weight is 433 g/mol. The molecule has 2 heterocycles. The van der Waals surface area contributed by atoms with Crippen LogP contribution in [0.5, 0.6) is 0 Å². The van der Waals surface area contributed by atoms with Crippen LogP contribution in [0.2, 0.25) is 0 Å². The summed E-state index contributed by atoms with van der Waals surface area (Å²) in [6, 6.07) is 0.868. The maximum absolute atomic E-state index is 13.3. The van der Waals surface area contributed by atoms with Crippen molar-refractivity contribution in [1.29, 1.82) is 0 Å². The Balaban J connectivity index is 1.36. The van der Waals surface area contributed by atoms with Crippen molar-refractivity contribution in [2.45, 2.75) is 102 Å². The molecule has 1 aromatic rings. The summed E-state index contributed by atoms with van der Waals surface area (Å²) >= 11 is 1.62. The molecule has 4 rings (SSSR count). The van der Waals surface area contributed by atoms with E-state index < -0.39 is 0 Å². The molecule has 1 aliphatic heterocycles. The molecule has 1 saturated heterocycles. The number of hydrogen-bond donors (Lipinski definition) is 1. The molecule has 1 N–H and O–H groups in total. The predicted molar refractivity (Wildman–Crippen MR) is 120 cm³/mol. The van der Waals surface area contributed by atoms with Gasteiger partial charge in [-0.25, -0.2) is 9.78 Å². The van der Waals surface area contributed by atoms with Gasteiger partial charge in [0.1, 0.15) is 5.69 Å². The maximum Gasteiger partial charge on any atom is 0.317 e. The van der Waals surface area contributed by atoms with E-state index >= 15 is 0 Å². The fourth-order valence-corrected chi connectivity index (χ4v) is 5.74. The van der Waals surface area contributed by atoms with Gasteiger partial charge >= 0.3 is 6.03 Å². The summed E-state index contributed by atoms with van der Waals surface area (Å²) < 4.78 is 0. The van der Waals surface area contributed by atoms with Gasteiger partial charge in [-0.15, -0.1) is 11.3 Å². The highest BCUT2D eigenvalue weighted by atomic mass is 32.1. The summed E-state index contributed by atoms with van der Waals surface area (Å²) in [4.78, 5) is 34.6. The van der Waals surface area contributed by atoms with Gasteiger partial charge in [0.05, 0.1) is 5.01 Å². The minimum absolute atomic E-state index is 0.0171. The molecule has 0 aromatic carbocycles. The van der Waals surface area contributed by atoms with Crippen LogP contribution in [0, 0.1) is 0 Å². The molecule has 30 heavy (non-hydrogen) atoms. The molecule has 3 fully saturated rings. The quantitative estimate of drug-likeness (QED) is 0.745. The fourth-order valence-electron chi connectivity index (χ4n) is 4.78. The Morgan fingerprint density at radius 3 is 2.27 bits per heavy atom. The molecule has 0 spiro atoms. The second kappa shape index (κ2) is 8.85. The van der Waals surface area contributed by atoms with Crippen molar-refractivity contribution >= 4 is 23.3 Å². The third-order valence-electron chi connectivity index (χ3n) is 6.50. The Kier molecular flexibility index (Phi) is 6.37. The normalized spacial score (nSPS) is 21.5. The van der Waals surface area contributed by atoms with E-state index in [-0.39, 0.29) is 17.5 Å². The van der Waals surface area contributed by atoms with Crippen LogP contribution in [0.4, 0.5) is 4.79 Å². The van der Waals surface area contributed by atoms with E-state index in [1.54, 1.807) is 11.3 Å². The zero-order valence-electron chi connectivity index (χ0n) is 18.7. The first-order valence-electron chi connectivity index (χ1n) is 11.7. The molecule has 6 nitrogen and oxygen atoms in total. The van der Waals surface area contributed by atoms with Crippen molar-refractivity contribution in [3.05, 3.63) is 16.1 Å². The molecule has 2 aliphatic carbocycles. The number of aromatic nitrogens is 1. The van der Waals surface area contributed by atoms with Gasteiger partial charge < -0.3 is 15.1 Å². The van der Waals surface area contributed by atoms with Crippen molar-refractivity contribution in [1.82, 2.24) is 20.1 Å². The van der Waals surface area contributed by atoms with E-state index in [0.29, 0.717) is 23.7 Å². The third kappa shape index (κ3) is 5.16. The van der Waals surface area contributed by atoms with Crippen LogP contribution in [0.25, 0.3) is 0 Å². The minimum atomic E-state index is -0.218. The summed E-state index contributed by atoms with van der Waals surface area (Å²) in [5.74, 6) is 0.494. The largest absolute Gasteiger partial charge is 0.333 e. The Labute approximate surface area is 184 Å². The first-order valence-corrected chi connectivity index (χ1v) is 12.5. The zero-order valence-corrected chi connectivity index (χ0v) is 19.5. The van der Waals surface area contributed by atoms with Gasteiger partial charge in [0.15, 0.2) is 0 Å². The number of nitrogens with one attached hydrogen (secondary N) is 1. The Hall–Kier alpha value is -1.63. The summed E-state index contributed by atoms with van der Waals surface area (Å²) in [5, 5.41) is 6.08. The SMILES string of the molecule is CC(C)(C)NC(=O)N1CCC(c2nc(C(=O)N(C3CCCCC3)C3CC3)cs2)CC1. The molecule has 3 aliphatic rings. The number of likely N-dealkylation sites (tertiary alicyclic amines) is 1. The topological polar surface area (TPSA) is 65.5 Å². The van der Waals surface area contributed by atoms with Crippen LogP contribution < -0.4 is 5.32 Å². The van der Waals surface area contributed by atoms with Crippen LogP contribution in [0.3, 0.4) is 0 Å². The number of amides is 3. The van der Waals surface area contributed by atoms with Gasteiger partial charge in [-0.3, -0.25) is 4.79 Å². The Morgan fingerprint density at radius 2 is 1.67 bits per heavy atom. The number of carbonyl (C=O) groups is 2. The molecule has 0 atom stereocenters. The van der Waals surface area contributed by atoms with E-state index in [9.17, 15) is 9.59 Å². The summed E-state index contributed by atoms with van der Waals surface area (Å²) in [6.45, 7) is 7.50. The maximum atomic E-state index is 13.3. The first-order chi connectivity index (χ1) is 14.3. The van der Waals surface area contributed by atoms with Crippen molar-refractivity contribution in [3.8, 4) is 0 Å². The molecule has 1 aromatic heterocycles. The molecule has 3 amide bonds. The Bertz CT molecular complexity index is 753. The number of carbonyl (C=O) groups excluding carboxylic acids is 2. The summed E-state index contributed by atoms with van der Waals surface area (Å²) in [6.07, 6.45) is 10.2. The van der Waals surface area contributed by atoms with Gasteiger partial charge in [0.25, 0.3) is 5.91 Å². The standard InChI is InChI=1S/C23H36N4O2S/c1-23(2,3)25-22(29)26-13-11-16(12-14-26)20-24-19(15-30-20)21(28)27(18-9-10-18)17-7-5-4-6-8-17/h15-18H,4-14H2,1-3H3,(H,25,29). The number of rotatable bonds is 4. The van der Waals surface area contributed by atoms with Crippen LogP contribution in [0.1, 0.15) is 100.0 Å². The van der Waals surface area contributed by atoms with Gasteiger partial charge in [-0.05, 0) is 59.3 Å². The minimum Gasteiger partial charge on any atom is -0.333 e. The number of urea groups is 1. The van der Waals surface area contributed by atoms with Crippen LogP contribution in [0.15, 0.2) is 5.38 Å². The summed E-state index contributed by atoms with van der Waals surface area (Å²) in [7, 11) is 0. The van der Waals surface area contributed by atoms with E-state index in [4.69, 9.17) is 4.98 Å². The van der Waals surface area contributed by atoms with Crippen molar-refractivity contribution in [2.75, 3.05) is 13.1 Å². The molecular weight excluding hydrogens is 396 g/mol. The number of hydrogen-bond acceptors (Lipinski definition) is 4. The first kappa shape index (κ1) is 21.6. The highest BCUT2D eigenvalue weighted by molar-refractivity contribution is 7.09. The molecule has 0 unspecified atom stereocenters. The lowest BCUT2D eigenvalue weighted by Gasteiger charge is -2.34. The lowest BCUT2D eigenvalue weighted by atomic mass is 9.94. The van der Waals surface area contributed by atoms with Crippen LogP contribution in [-0.4, -0.2) is 57.4 Å². The van der Waals surface area contributed by atoms with Gasteiger partial charge in [-0.1, -0.05) is 19.3 Å².